The molecule has 3 aromatic rings. The summed E-state index contributed by atoms with van der Waals surface area (Å²) in [6, 6.07) is 23.3. The first-order chi connectivity index (χ1) is 11.7. The van der Waals surface area contributed by atoms with E-state index in [1.54, 1.807) is 48.5 Å². The van der Waals surface area contributed by atoms with Gasteiger partial charge in [-0.1, -0.05) is 48.0 Å². The maximum absolute atomic E-state index is 12.1. The SMILES string of the molecule is N#Cc1ccc(-c2ccc(OC(=O)c3ccccc3Cl)cc2)cc1. The van der Waals surface area contributed by atoms with E-state index < -0.39 is 5.97 Å². The molecule has 0 atom stereocenters. The zero-order valence-corrected chi connectivity index (χ0v) is 13.3. The third kappa shape index (κ3) is 3.45. The first-order valence-electron chi connectivity index (χ1n) is 7.25. The summed E-state index contributed by atoms with van der Waals surface area (Å²) in [4.78, 5) is 12.1. The van der Waals surface area contributed by atoms with E-state index in [0.717, 1.165) is 11.1 Å². The van der Waals surface area contributed by atoms with E-state index in [0.29, 0.717) is 21.9 Å². The van der Waals surface area contributed by atoms with Gasteiger partial charge in [-0.25, -0.2) is 4.79 Å². The molecule has 0 amide bonds. The van der Waals surface area contributed by atoms with Crippen LogP contribution >= 0.6 is 11.6 Å². The molecule has 0 aliphatic heterocycles. The second-order valence-corrected chi connectivity index (χ2v) is 5.49. The quantitative estimate of drug-likeness (QED) is 0.495. The van der Waals surface area contributed by atoms with Crippen molar-refractivity contribution in [3.05, 3.63) is 88.9 Å². The Morgan fingerprint density at radius 2 is 1.46 bits per heavy atom. The Balaban J connectivity index is 1.76. The number of ether oxygens (including phenoxy) is 1. The monoisotopic (exact) mass is 333 g/mol. The van der Waals surface area contributed by atoms with E-state index >= 15 is 0 Å². The molecule has 0 aliphatic carbocycles. The highest BCUT2D eigenvalue weighted by Crippen LogP contribution is 2.24. The Kier molecular flexibility index (Phi) is 4.60. The van der Waals surface area contributed by atoms with E-state index in [1.165, 1.54) is 0 Å². The number of rotatable bonds is 3. The van der Waals surface area contributed by atoms with Gasteiger partial charge in [-0.05, 0) is 47.5 Å². The number of hydrogen-bond donors (Lipinski definition) is 0. The summed E-state index contributed by atoms with van der Waals surface area (Å²) in [6.07, 6.45) is 0. The molecule has 4 heteroatoms. The van der Waals surface area contributed by atoms with Crippen LogP contribution in [-0.4, -0.2) is 5.97 Å². The predicted octanol–water partition coefficient (Wildman–Crippen LogP) is 5.10. The second kappa shape index (κ2) is 6.99. The third-order valence-electron chi connectivity index (χ3n) is 3.51. The molecule has 0 saturated carbocycles. The Labute approximate surface area is 144 Å². The van der Waals surface area contributed by atoms with Gasteiger partial charge in [0.1, 0.15) is 5.75 Å². The number of benzene rings is 3. The third-order valence-corrected chi connectivity index (χ3v) is 3.84. The maximum Gasteiger partial charge on any atom is 0.345 e. The van der Waals surface area contributed by atoms with Crippen LogP contribution in [0.1, 0.15) is 15.9 Å². The van der Waals surface area contributed by atoms with Gasteiger partial charge in [0.2, 0.25) is 0 Å². The van der Waals surface area contributed by atoms with Crippen molar-refractivity contribution in [2.75, 3.05) is 0 Å². The molecule has 24 heavy (non-hydrogen) atoms. The number of carbonyl (C=O) groups is 1. The molecular formula is C20H12ClNO2. The summed E-state index contributed by atoms with van der Waals surface area (Å²) >= 11 is 5.99. The van der Waals surface area contributed by atoms with Crippen molar-refractivity contribution in [3.63, 3.8) is 0 Å². The van der Waals surface area contributed by atoms with Gasteiger partial charge in [-0.3, -0.25) is 0 Å². The average molecular weight is 334 g/mol. The molecule has 0 bridgehead atoms. The molecule has 3 aromatic carbocycles. The van der Waals surface area contributed by atoms with Gasteiger partial charge < -0.3 is 4.74 Å². The number of halogens is 1. The lowest BCUT2D eigenvalue weighted by Gasteiger charge is -2.07. The van der Waals surface area contributed by atoms with Gasteiger partial charge in [0.05, 0.1) is 22.2 Å². The fourth-order valence-corrected chi connectivity index (χ4v) is 2.45. The van der Waals surface area contributed by atoms with Crippen molar-refractivity contribution in [1.29, 1.82) is 5.26 Å². The van der Waals surface area contributed by atoms with Crippen LogP contribution in [-0.2, 0) is 0 Å². The summed E-state index contributed by atoms with van der Waals surface area (Å²) in [5.41, 5.74) is 2.90. The fraction of sp³-hybridized carbons (Fsp3) is 0. The van der Waals surface area contributed by atoms with E-state index in [-0.39, 0.29) is 0 Å². The smallest absolute Gasteiger partial charge is 0.345 e. The molecule has 3 nitrogen and oxygen atoms in total. The van der Waals surface area contributed by atoms with Crippen molar-refractivity contribution in [1.82, 2.24) is 0 Å². The van der Waals surface area contributed by atoms with Crippen LogP contribution in [0, 0.1) is 11.3 Å². The number of hydrogen-bond acceptors (Lipinski definition) is 3. The lowest BCUT2D eigenvalue weighted by molar-refractivity contribution is 0.0735. The minimum atomic E-state index is -0.494. The minimum absolute atomic E-state index is 0.329. The molecule has 0 spiro atoms. The van der Waals surface area contributed by atoms with Crippen molar-refractivity contribution in [2.24, 2.45) is 0 Å². The Hall–Kier alpha value is -3.09. The summed E-state index contributed by atoms with van der Waals surface area (Å²) in [7, 11) is 0. The zero-order chi connectivity index (χ0) is 16.9. The molecule has 3 rings (SSSR count). The number of nitrogens with zero attached hydrogens (tertiary/aromatic N) is 1. The Morgan fingerprint density at radius 1 is 0.875 bits per heavy atom. The Morgan fingerprint density at radius 3 is 2.04 bits per heavy atom. The number of esters is 1. The van der Waals surface area contributed by atoms with Crippen molar-refractivity contribution in [2.45, 2.75) is 0 Å². The van der Waals surface area contributed by atoms with Crippen molar-refractivity contribution < 1.29 is 9.53 Å². The van der Waals surface area contributed by atoms with Gasteiger partial charge in [0.15, 0.2) is 0 Å². The molecule has 0 radical (unpaired) electrons. The molecule has 0 saturated heterocycles. The molecule has 0 aliphatic rings. The standard InChI is InChI=1S/C20H12ClNO2/c21-19-4-2-1-3-18(19)20(23)24-17-11-9-16(10-12-17)15-7-5-14(13-22)6-8-15/h1-12H. The van der Waals surface area contributed by atoms with Gasteiger partial charge in [0, 0.05) is 0 Å². The highest BCUT2D eigenvalue weighted by atomic mass is 35.5. The van der Waals surface area contributed by atoms with E-state index in [1.807, 2.05) is 24.3 Å². The van der Waals surface area contributed by atoms with Gasteiger partial charge in [0.25, 0.3) is 0 Å². The average Bonchev–Trinajstić information content (AvgIpc) is 2.63. The fourth-order valence-electron chi connectivity index (χ4n) is 2.24. The predicted molar refractivity (Wildman–Crippen MR) is 93.0 cm³/mol. The largest absolute Gasteiger partial charge is 0.423 e. The molecule has 0 unspecified atom stereocenters. The van der Waals surface area contributed by atoms with Gasteiger partial charge in [-0.2, -0.15) is 5.26 Å². The van der Waals surface area contributed by atoms with Crippen molar-refractivity contribution >= 4 is 17.6 Å². The molecule has 116 valence electrons. The lowest BCUT2D eigenvalue weighted by atomic mass is 10.0. The molecule has 0 fully saturated rings. The first kappa shape index (κ1) is 15.8. The first-order valence-corrected chi connectivity index (χ1v) is 7.62. The van der Waals surface area contributed by atoms with Gasteiger partial charge >= 0.3 is 5.97 Å². The van der Waals surface area contributed by atoms with Crippen LogP contribution in [0.4, 0.5) is 0 Å². The van der Waals surface area contributed by atoms with E-state index in [2.05, 4.69) is 6.07 Å². The summed E-state index contributed by atoms with van der Waals surface area (Å²) in [5, 5.41) is 9.18. The second-order valence-electron chi connectivity index (χ2n) is 5.08. The van der Waals surface area contributed by atoms with Crippen LogP contribution in [0.15, 0.2) is 72.8 Å². The number of nitriles is 1. The highest BCUT2D eigenvalue weighted by molar-refractivity contribution is 6.33. The lowest BCUT2D eigenvalue weighted by Crippen LogP contribution is -2.08. The normalized spacial score (nSPS) is 10.0. The summed E-state index contributed by atoms with van der Waals surface area (Å²) in [6.45, 7) is 0. The minimum Gasteiger partial charge on any atom is -0.423 e. The van der Waals surface area contributed by atoms with Crippen LogP contribution in [0.25, 0.3) is 11.1 Å². The maximum atomic E-state index is 12.1. The van der Waals surface area contributed by atoms with Crippen LogP contribution in [0.5, 0.6) is 5.75 Å². The van der Waals surface area contributed by atoms with Crippen LogP contribution < -0.4 is 4.74 Å². The Bertz CT molecular complexity index is 910. The molecule has 0 aromatic heterocycles. The summed E-state index contributed by atoms with van der Waals surface area (Å²) < 4.78 is 5.34. The number of carbonyl (C=O) groups excluding carboxylic acids is 1. The topological polar surface area (TPSA) is 50.1 Å². The molecule has 0 heterocycles. The van der Waals surface area contributed by atoms with Crippen LogP contribution in [0.3, 0.4) is 0 Å². The van der Waals surface area contributed by atoms with Gasteiger partial charge in [-0.15, -0.1) is 0 Å². The summed E-state index contributed by atoms with van der Waals surface area (Å²) in [5.74, 6) is -0.0518. The zero-order valence-electron chi connectivity index (χ0n) is 12.6. The van der Waals surface area contributed by atoms with Crippen LogP contribution in [0.2, 0.25) is 5.02 Å². The molecular weight excluding hydrogens is 322 g/mol. The molecule has 0 N–H and O–H groups in total. The van der Waals surface area contributed by atoms with Crippen molar-refractivity contribution in [3.8, 4) is 22.9 Å². The highest BCUT2D eigenvalue weighted by Gasteiger charge is 2.12. The van der Waals surface area contributed by atoms with E-state index in [4.69, 9.17) is 21.6 Å². The van der Waals surface area contributed by atoms with E-state index in [9.17, 15) is 4.79 Å².